The third-order valence-electron chi connectivity index (χ3n) is 3.70. The second kappa shape index (κ2) is 6.05. The van der Waals surface area contributed by atoms with Crippen molar-refractivity contribution in [1.29, 1.82) is 0 Å². The number of anilines is 2. The number of aliphatic hydroxyl groups excluding tert-OH is 1. The zero-order valence-electron chi connectivity index (χ0n) is 11.3. The van der Waals surface area contributed by atoms with Crippen molar-refractivity contribution in [2.75, 3.05) is 29.9 Å². The Bertz CT molecular complexity index is 383. The molecule has 0 amide bonds. The Balaban J connectivity index is 2.12. The molecule has 1 aliphatic heterocycles. The summed E-state index contributed by atoms with van der Waals surface area (Å²) in [4.78, 5) is 6.56. The summed E-state index contributed by atoms with van der Waals surface area (Å²) in [6, 6.07) is 2.36. The van der Waals surface area contributed by atoms with Crippen LogP contribution < -0.4 is 10.2 Å². The minimum atomic E-state index is 0.216. The van der Waals surface area contributed by atoms with E-state index in [1.807, 2.05) is 12.4 Å². The molecule has 1 aromatic rings. The third-order valence-corrected chi connectivity index (χ3v) is 3.70. The molecular formula is C14H23N3O. The highest BCUT2D eigenvalue weighted by Gasteiger charge is 2.30. The van der Waals surface area contributed by atoms with E-state index in [-0.39, 0.29) is 12.6 Å². The molecule has 1 fully saturated rings. The Kier molecular flexibility index (Phi) is 4.42. The molecule has 2 N–H and O–H groups in total. The lowest BCUT2D eigenvalue weighted by Crippen LogP contribution is -2.35. The molecule has 0 spiro atoms. The first kappa shape index (κ1) is 13.1. The predicted octanol–water partition coefficient (Wildman–Crippen LogP) is 2.11. The minimum absolute atomic E-state index is 0.216. The molecule has 1 saturated heterocycles. The van der Waals surface area contributed by atoms with Crippen molar-refractivity contribution >= 4 is 11.4 Å². The number of aromatic nitrogens is 1. The van der Waals surface area contributed by atoms with Gasteiger partial charge in [0.2, 0.25) is 0 Å². The summed E-state index contributed by atoms with van der Waals surface area (Å²) in [5.41, 5.74) is 2.17. The van der Waals surface area contributed by atoms with Gasteiger partial charge in [0.25, 0.3) is 0 Å². The van der Waals surface area contributed by atoms with Gasteiger partial charge in [0.05, 0.1) is 36.4 Å². The summed E-state index contributed by atoms with van der Waals surface area (Å²) in [5.74, 6) is 0.544. The van der Waals surface area contributed by atoms with Gasteiger partial charge in [0.15, 0.2) is 0 Å². The van der Waals surface area contributed by atoms with Crippen molar-refractivity contribution in [2.45, 2.75) is 32.7 Å². The van der Waals surface area contributed by atoms with Crippen molar-refractivity contribution in [3.05, 3.63) is 18.5 Å². The molecule has 18 heavy (non-hydrogen) atoms. The normalized spacial score (nSPS) is 23.4. The molecule has 2 rings (SSSR count). The summed E-state index contributed by atoms with van der Waals surface area (Å²) < 4.78 is 0. The van der Waals surface area contributed by atoms with Crippen molar-refractivity contribution in [1.82, 2.24) is 4.98 Å². The number of nitrogens with one attached hydrogen (secondary N) is 1. The minimum Gasteiger partial charge on any atom is -0.394 e. The highest BCUT2D eigenvalue weighted by molar-refractivity contribution is 5.56. The molecular weight excluding hydrogens is 226 g/mol. The van der Waals surface area contributed by atoms with Crippen LogP contribution in [-0.2, 0) is 0 Å². The molecule has 2 atom stereocenters. The number of pyridine rings is 1. The first-order chi connectivity index (χ1) is 8.76. The van der Waals surface area contributed by atoms with Crippen molar-refractivity contribution in [2.24, 2.45) is 5.92 Å². The van der Waals surface area contributed by atoms with E-state index < -0.39 is 0 Å². The lowest BCUT2D eigenvalue weighted by molar-refractivity contribution is 0.244. The van der Waals surface area contributed by atoms with Gasteiger partial charge in [-0.3, -0.25) is 4.98 Å². The van der Waals surface area contributed by atoms with E-state index in [0.717, 1.165) is 37.3 Å². The van der Waals surface area contributed by atoms with Crippen LogP contribution in [0.2, 0.25) is 0 Å². The van der Waals surface area contributed by atoms with Gasteiger partial charge in [-0.15, -0.1) is 0 Å². The lowest BCUT2D eigenvalue weighted by Gasteiger charge is -2.27. The van der Waals surface area contributed by atoms with Crippen LogP contribution in [0, 0.1) is 5.92 Å². The maximum atomic E-state index is 9.50. The smallest absolute Gasteiger partial charge is 0.0637 e. The maximum absolute atomic E-state index is 9.50. The molecule has 2 unspecified atom stereocenters. The van der Waals surface area contributed by atoms with Crippen molar-refractivity contribution < 1.29 is 5.11 Å². The van der Waals surface area contributed by atoms with Crippen LogP contribution in [0.4, 0.5) is 11.4 Å². The first-order valence-electron chi connectivity index (χ1n) is 6.82. The number of rotatable bonds is 5. The van der Waals surface area contributed by atoms with Crippen LogP contribution in [0.5, 0.6) is 0 Å². The van der Waals surface area contributed by atoms with E-state index in [4.69, 9.17) is 0 Å². The molecule has 2 heterocycles. The Morgan fingerprint density at radius 1 is 1.50 bits per heavy atom. The summed E-state index contributed by atoms with van der Waals surface area (Å²) in [6.07, 6.45) is 5.98. The summed E-state index contributed by atoms with van der Waals surface area (Å²) in [6.45, 7) is 6.53. The lowest BCUT2D eigenvalue weighted by atomic mass is 10.0. The molecule has 0 aromatic carbocycles. The van der Waals surface area contributed by atoms with Crippen LogP contribution in [-0.4, -0.2) is 35.8 Å². The Morgan fingerprint density at radius 3 is 3.06 bits per heavy atom. The largest absolute Gasteiger partial charge is 0.394 e. The van der Waals surface area contributed by atoms with Crippen LogP contribution in [0.15, 0.2) is 18.5 Å². The fraction of sp³-hybridized carbons (Fsp3) is 0.643. The molecule has 4 heteroatoms. The number of hydrogen-bond donors (Lipinski definition) is 2. The van der Waals surface area contributed by atoms with E-state index in [9.17, 15) is 5.11 Å². The number of hydrogen-bond acceptors (Lipinski definition) is 4. The van der Waals surface area contributed by atoms with E-state index in [1.165, 1.54) is 0 Å². The fourth-order valence-electron chi connectivity index (χ4n) is 2.56. The molecule has 100 valence electrons. The number of aliphatic hydroxyl groups is 1. The third kappa shape index (κ3) is 2.75. The van der Waals surface area contributed by atoms with Gasteiger partial charge in [-0.25, -0.2) is 0 Å². The standard InChI is InChI=1S/C14H23N3O/c1-3-5-16-12-7-13(9-15-8-12)17-6-4-11(2)14(17)10-18/h7-9,11,14,16,18H,3-6,10H2,1-2H3. The van der Waals surface area contributed by atoms with E-state index in [0.29, 0.717) is 5.92 Å². The molecule has 0 bridgehead atoms. The SMILES string of the molecule is CCCNc1cncc(N2CCC(C)C2CO)c1. The maximum Gasteiger partial charge on any atom is 0.0637 e. The van der Waals surface area contributed by atoms with Gasteiger partial charge in [-0.1, -0.05) is 13.8 Å². The van der Waals surface area contributed by atoms with E-state index in [2.05, 4.69) is 35.1 Å². The first-order valence-corrected chi connectivity index (χ1v) is 6.82. The van der Waals surface area contributed by atoms with Gasteiger partial charge >= 0.3 is 0 Å². The van der Waals surface area contributed by atoms with Gasteiger partial charge in [-0.2, -0.15) is 0 Å². The predicted molar refractivity (Wildman–Crippen MR) is 75.0 cm³/mol. The average Bonchev–Trinajstić information content (AvgIpc) is 2.77. The van der Waals surface area contributed by atoms with Crippen LogP contribution in [0.25, 0.3) is 0 Å². The van der Waals surface area contributed by atoms with Gasteiger partial charge in [-0.05, 0) is 24.8 Å². The summed E-state index contributed by atoms with van der Waals surface area (Å²) >= 11 is 0. The van der Waals surface area contributed by atoms with Crippen LogP contribution in [0.3, 0.4) is 0 Å². The Labute approximate surface area is 109 Å². The number of nitrogens with zero attached hydrogens (tertiary/aromatic N) is 2. The van der Waals surface area contributed by atoms with Gasteiger partial charge < -0.3 is 15.3 Å². The second-order valence-corrected chi connectivity index (χ2v) is 5.07. The average molecular weight is 249 g/mol. The fourth-order valence-corrected chi connectivity index (χ4v) is 2.56. The van der Waals surface area contributed by atoms with Crippen molar-refractivity contribution in [3.8, 4) is 0 Å². The topological polar surface area (TPSA) is 48.4 Å². The van der Waals surface area contributed by atoms with E-state index >= 15 is 0 Å². The highest BCUT2D eigenvalue weighted by atomic mass is 16.3. The molecule has 0 saturated carbocycles. The van der Waals surface area contributed by atoms with Gasteiger partial charge in [0.1, 0.15) is 0 Å². The van der Waals surface area contributed by atoms with Crippen LogP contribution in [0.1, 0.15) is 26.7 Å². The molecule has 1 aromatic heterocycles. The van der Waals surface area contributed by atoms with E-state index in [1.54, 1.807) is 0 Å². The molecule has 1 aliphatic rings. The van der Waals surface area contributed by atoms with Gasteiger partial charge in [0, 0.05) is 13.1 Å². The van der Waals surface area contributed by atoms with Crippen LogP contribution >= 0.6 is 0 Å². The molecule has 4 nitrogen and oxygen atoms in total. The zero-order chi connectivity index (χ0) is 13.0. The van der Waals surface area contributed by atoms with Crippen molar-refractivity contribution in [3.63, 3.8) is 0 Å². The highest BCUT2D eigenvalue weighted by Crippen LogP contribution is 2.30. The monoisotopic (exact) mass is 249 g/mol. The summed E-state index contributed by atoms with van der Waals surface area (Å²) in [7, 11) is 0. The Morgan fingerprint density at radius 2 is 2.33 bits per heavy atom. The molecule has 0 aliphatic carbocycles. The summed E-state index contributed by atoms with van der Waals surface area (Å²) in [5, 5.41) is 12.9. The second-order valence-electron chi connectivity index (χ2n) is 5.07. The quantitative estimate of drug-likeness (QED) is 0.839. The zero-order valence-corrected chi connectivity index (χ0v) is 11.3. The molecule has 0 radical (unpaired) electrons. The Hall–Kier alpha value is -1.29.